The molecule has 0 aromatic carbocycles. The fourth-order valence-electron chi connectivity index (χ4n) is 1.41. The minimum absolute atomic E-state index is 0.0237. The van der Waals surface area contributed by atoms with E-state index in [1.54, 1.807) is 4.90 Å². The molecule has 0 N–H and O–H groups in total. The largest absolute Gasteiger partial charge is 0.306 e. The highest BCUT2D eigenvalue weighted by molar-refractivity contribution is 8.17. The standard InChI is InChI=1S/C8H9NO2S/c10-6-5-8(11)12-7-3-1-2-4-9(6)7/h3H,1-2,4-5H2. The molecule has 0 aromatic heterocycles. The van der Waals surface area contributed by atoms with Crippen molar-refractivity contribution in [3.63, 3.8) is 0 Å². The summed E-state index contributed by atoms with van der Waals surface area (Å²) in [6, 6.07) is 0. The van der Waals surface area contributed by atoms with Gasteiger partial charge < -0.3 is 4.90 Å². The van der Waals surface area contributed by atoms with Gasteiger partial charge in [-0.25, -0.2) is 0 Å². The van der Waals surface area contributed by atoms with Crippen molar-refractivity contribution in [1.82, 2.24) is 4.90 Å². The van der Waals surface area contributed by atoms with E-state index in [2.05, 4.69) is 0 Å². The van der Waals surface area contributed by atoms with Crippen LogP contribution in [0.3, 0.4) is 0 Å². The van der Waals surface area contributed by atoms with Gasteiger partial charge in [-0.2, -0.15) is 0 Å². The lowest BCUT2D eigenvalue weighted by Gasteiger charge is -2.30. The summed E-state index contributed by atoms with van der Waals surface area (Å²) in [5.74, 6) is -0.0373. The van der Waals surface area contributed by atoms with E-state index in [0.29, 0.717) is 0 Å². The molecule has 2 rings (SSSR count). The van der Waals surface area contributed by atoms with E-state index in [4.69, 9.17) is 0 Å². The van der Waals surface area contributed by atoms with E-state index in [-0.39, 0.29) is 17.4 Å². The first-order valence-electron chi connectivity index (χ1n) is 3.98. The first kappa shape index (κ1) is 7.86. The molecule has 0 radical (unpaired) electrons. The maximum atomic E-state index is 11.3. The summed E-state index contributed by atoms with van der Waals surface area (Å²) in [4.78, 5) is 24.0. The van der Waals surface area contributed by atoms with Crippen LogP contribution in [0.25, 0.3) is 0 Å². The molecule has 2 aliphatic heterocycles. The lowest BCUT2D eigenvalue weighted by molar-refractivity contribution is -0.132. The van der Waals surface area contributed by atoms with Gasteiger partial charge in [-0.3, -0.25) is 9.59 Å². The highest BCUT2D eigenvalue weighted by atomic mass is 32.2. The average Bonchev–Trinajstić information content (AvgIpc) is 2.04. The van der Waals surface area contributed by atoms with Crippen molar-refractivity contribution in [1.29, 1.82) is 0 Å². The van der Waals surface area contributed by atoms with Crippen LogP contribution in [0, 0.1) is 0 Å². The van der Waals surface area contributed by atoms with Crippen LogP contribution in [-0.2, 0) is 9.59 Å². The van der Waals surface area contributed by atoms with E-state index in [0.717, 1.165) is 24.4 Å². The fourth-order valence-corrected chi connectivity index (χ4v) is 2.34. The first-order valence-corrected chi connectivity index (χ1v) is 4.80. The zero-order chi connectivity index (χ0) is 8.55. The quantitative estimate of drug-likeness (QED) is 0.528. The van der Waals surface area contributed by atoms with Gasteiger partial charge in [-0.05, 0) is 24.6 Å². The normalized spacial score (nSPS) is 23.7. The predicted octanol–water partition coefficient (Wildman–Crippen LogP) is 1.11. The molecule has 0 unspecified atom stereocenters. The molecule has 64 valence electrons. The van der Waals surface area contributed by atoms with Crippen LogP contribution in [0.15, 0.2) is 11.1 Å². The number of amides is 1. The molecule has 2 aliphatic rings. The first-order chi connectivity index (χ1) is 5.77. The topological polar surface area (TPSA) is 37.4 Å². The number of hydrogen-bond donors (Lipinski definition) is 0. The Morgan fingerprint density at radius 2 is 2.25 bits per heavy atom. The Balaban J connectivity index is 2.25. The molecule has 12 heavy (non-hydrogen) atoms. The van der Waals surface area contributed by atoms with Gasteiger partial charge in [-0.15, -0.1) is 0 Å². The van der Waals surface area contributed by atoms with E-state index in [9.17, 15) is 9.59 Å². The zero-order valence-corrected chi connectivity index (χ0v) is 7.39. The van der Waals surface area contributed by atoms with Crippen molar-refractivity contribution >= 4 is 22.8 Å². The van der Waals surface area contributed by atoms with Crippen molar-refractivity contribution in [2.24, 2.45) is 0 Å². The summed E-state index contributed by atoms with van der Waals surface area (Å²) in [5.41, 5.74) is 0. The van der Waals surface area contributed by atoms with E-state index in [1.165, 1.54) is 11.8 Å². The van der Waals surface area contributed by atoms with E-state index in [1.807, 2.05) is 6.08 Å². The second-order valence-electron chi connectivity index (χ2n) is 2.88. The second kappa shape index (κ2) is 2.94. The Kier molecular flexibility index (Phi) is 1.92. The summed E-state index contributed by atoms with van der Waals surface area (Å²) in [5, 5.41) is 0.826. The van der Waals surface area contributed by atoms with Crippen LogP contribution in [0.4, 0.5) is 0 Å². The molecule has 0 aliphatic carbocycles. The van der Waals surface area contributed by atoms with Gasteiger partial charge in [0.15, 0.2) is 0 Å². The van der Waals surface area contributed by atoms with Crippen molar-refractivity contribution in [2.75, 3.05) is 6.54 Å². The highest BCUT2D eigenvalue weighted by Crippen LogP contribution is 2.31. The van der Waals surface area contributed by atoms with Crippen LogP contribution in [-0.4, -0.2) is 22.5 Å². The number of hydrogen-bond acceptors (Lipinski definition) is 3. The van der Waals surface area contributed by atoms with Gasteiger partial charge in [0.25, 0.3) is 0 Å². The molecule has 0 atom stereocenters. The molecule has 1 amide bonds. The molecule has 0 aromatic rings. The Hall–Kier alpha value is -0.770. The molecule has 1 fully saturated rings. The number of allylic oxidation sites excluding steroid dienone is 1. The number of fused-ring (bicyclic) bond motifs is 1. The Labute approximate surface area is 74.8 Å². The summed E-state index contributed by atoms with van der Waals surface area (Å²) in [6.07, 6.45) is 4.05. The van der Waals surface area contributed by atoms with Gasteiger partial charge >= 0.3 is 0 Å². The molecule has 0 bridgehead atoms. The van der Waals surface area contributed by atoms with E-state index < -0.39 is 0 Å². The minimum Gasteiger partial charge on any atom is -0.306 e. The number of nitrogens with zero attached hydrogens (tertiary/aromatic N) is 1. The molecule has 0 saturated carbocycles. The lowest BCUT2D eigenvalue weighted by atomic mass is 10.2. The summed E-state index contributed by atoms with van der Waals surface area (Å²) < 4.78 is 0. The maximum Gasteiger partial charge on any atom is 0.235 e. The van der Waals surface area contributed by atoms with Crippen LogP contribution in [0.1, 0.15) is 19.3 Å². The van der Waals surface area contributed by atoms with Gasteiger partial charge in [-0.1, -0.05) is 6.08 Å². The average molecular weight is 183 g/mol. The number of thioether (sulfide) groups is 1. The monoisotopic (exact) mass is 183 g/mol. The molecule has 4 heteroatoms. The number of carbonyl (C=O) groups excluding carboxylic acids is 2. The molecule has 1 saturated heterocycles. The zero-order valence-electron chi connectivity index (χ0n) is 6.58. The minimum atomic E-state index is -0.0373. The third-order valence-electron chi connectivity index (χ3n) is 1.99. The molecule has 2 heterocycles. The fraction of sp³-hybridized carbons (Fsp3) is 0.500. The summed E-state index contributed by atoms with van der Waals surface area (Å²) in [7, 11) is 0. The Morgan fingerprint density at radius 3 is 3.08 bits per heavy atom. The van der Waals surface area contributed by atoms with Crippen LogP contribution in [0.5, 0.6) is 0 Å². The van der Waals surface area contributed by atoms with E-state index >= 15 is 0 Å². The maximum absolute atomic E-state index is 11.3. The van der Waals surface area contributed by atoms with Gasteiger partial charge in [0.1, 0.15) is 0 Å². The van der Waals surface area contributed by atoms with Crippen molar-refractivity contribution in [3.8, 4) is 0 Å². The third kappa shape index (κ3) is 1.27. The Bertz CT molecular complexity index is 272. The van der Waals surface area contributed by atoms with Crippen LogP contribution < -0.4 is 0 Å². The van der Waals surface area contributed by atoms with Gasteiger partial charge in [0, 0.05) is 6.54 Å². The van der Waals surface area contributed by atoms with Crippen LogP contribution >= 0.6 is 11.8 Å². The number of rotatable bonds is 0. The SMILES string of the molecule is O=C1CC(=O)N2CCCC=C2S1. The highest BCUT2D eigenvalue weighted by Gasteiger charge is 2.29. The summed E-state index contributed by atoms with van der Waals surface area (Å²) in [6.45, 7) is 0.783. The van der Waals surface area contributed by atoms with Gasteiger partial charge in [0.2, 0.25) is 11.0 Å². The Morgan fingerprint density at radius 1 is 1.42 bits per heavy atom. The number of carbonyl (C=O) groups is 2. The molecular weight excluding hydrogens is 174 g/mol. The smallest absolute Gasteiger partial charge is 0.235 e. The molecule has 3 nitrogen and oxygen atoms in total. The molecular formula is C8H9NO2S. The lowest BCUT2D eigenvalue weighted by Crippen LogP contribution is -2.36. The summed E-state index contributed by atoms with van der Waals surface area (Å²) >= 11 is 1.20. The van der Waals surface area contributed by atoms with Crippen molar-refractivity contribution in [2.45, 2.75) is 19.3 Å². The van der Waals surface area contributed by atoms with Crippen molar-refractivity contribution in [3.05, 3.63) is 11.1 Å². The predicted molar refractivity (Wildman–Crippen MR) is 46.2 cm³/mol. The third-order valence-corrected chi connectivity index (χ3v) is 2.95. The molecule has 0 spiro atoms. The van der Waals surface area contributed by atoms with Gasteiger partial charge in [0.05, 0.1) is 11.4 Å². The van der Waals surface area contributed by atoms with Crippen molar-refractivity contribution < 1.29 is 9.59 Å². The van der Waals surface area contributed by atoms with Crippen LogP contribution in [0.2, 0.25) is 0 Å². The second-order valence-corrected chi connectivity index (χ2v) is 3.96.